The number of nitrogens with zero attached hydrogens (tertiary/aromatic N) is 5. The van der Waals surface area contributed by atoms with E-state index in [-0.39, 0.29) is 42.2 Å². The van der Waals surface area contributed by atoms with Gasteiger partial charge in [-0.15, -0.1) is 29.1 Å². The zero-order chi connectivity index (χ0) is 16.2. The van der Waals surface area contributed by atoms with Crippen molar-refractivity contribution >= 4 is 29.9 Å². The van der Waals surface area contributed by atoms with Gasteiger partial charge in [0.25, 0.3) is 0 Å². The van der Waals surface area contributed by atoms with Crippen LogP contribution in [0.25, 0.3) is 0 Å². The molecular formula is C14H25IN6O3. The van der Waals surface area contributed by atoms with E-state index in [0.717, 1.165) is 18.8 Å². The predicted molar refractivity (Wildman–Crippen MR) is 98.4 cm³/mol. The number of hydrogen-bond acceptors (Lipinski definition) is 6. The van der Waals surface area contributed by atoms with Crippen molar-refractivity contribution in [2.24, 2.45) is 10.7 Å². The summed E-state index contributed by atoms with van der Waals surface area (Å²) in [7, 11) is 1.68. The highest BCUT2D eigenvalue weighted by molar-refractivity contribution is 14.0. The van der Waals surface area contributed by atoms with Crippen molar-refractivity contribution in [2.45, 2.75) is 31.7 Å². The van der Waals surface area contributed by atoms with Crippen LogP contribution in [0.4, 0.5) is 0 Å². The fraction of sp³-hybridized carbons (Fsp3) is 0.786. The monoisotopic (exact) mass is 452 g/mol. The van der Waals surface area contributed by atoms with Crippen LogP contribution in [0.3, 0.4) is 0 Å². The van der Waals surface area contributed by atoms with Crippen LogP contribution in [0.2, 0.25) is 0 Å². The van der Waals surface area contributed by atoms with Crippen LogP contribution < -0.4 is 5.73 Å². The second-order valence-electron chi connectivity index (χ2n) is 5.87. The molecule has 9 nitrogen and oxygen atoms in total. The molecule has 0 amide bonds. The van der Waals surface area contributed by atoms with Gasteiger partial charge in [0.05, 0.1) is 38.7 Å². The molecule has 2 fully saturated rings. The Hall–Kier alpha value is -0.980. The Morgan fingerprint density at radius 3 is 3.08 bits per heavy atom. The Morgan fingerprint density at radius 2 is 2.33 bits per heavy atom. The summed E-state index contributed by atoms with van der Waals surface area (Å²) in [5, 5.41) is 8.32. The minimum Gasteiger partial charge on any atom is -0.377 e. The Morgan fingerprint density at radius 1 is 1.50 bits per heavy atom. The molecule has 136 valence electrons. The van der Waals surface area contributed by atoms with Gasteiger partial charge in [-0.2, -0.15) is 0 Å². The van der Waals surface area contributed by atoms with E-state index in [1.165, 1.54) is 0 Å². The van der Waals surface area contributed by atoms with Crippen molar-refractivity contribution < 1.29 is 14.2 Å². The molecule has 0 aromatic carbocycles. The van der Waals surface area contributed by atoms with Crippen LogP contribution in [0, 0.1) is 0 Å². The molecule has 0 radical (unpaired) electrons. The van der Waals surface area contributed by atoms with Gasteiger partial charge in [-0.05, 0) is 6.92 Å². The summed E-state index contributed by atoms with van der Waals surface area (Å²) in [6.07, 6.45) is 2.06. The van der Waals surface area contributed by atoms with Crippen molar-refractivity contribution in [1.29, 1.82) is 0 Å². The van der Waals surface area contributed by atoms with Gasteiger partial charge in [0.2, 0.25) is 0 Å². The highest BCUT2D eigenvalue weighted by atomic mass is 127. The molecule has 3 heterocycles. The van der Waals surface area contributed by atoms with Gasteiger partial charge in [0, 0.05) is 20.2 Å². The van der Waals surface area contributed by atoms with Gasteiger partial charge in [-0.1, -0.05) is 5.21 Å². The Labute approximate surface area is 158 Å². The number of nitrogens with two attached hydrogens (primary N) is 1. The van der Waals surface area contributed by atoms with Gasteiger partial charge in [0.15, 0.2) is 5.96 Å². The average molecular weight is 452 g/mol. The summed E-state index contributed by atoms with van der Waals surface area (Å²) >= 11 is 0. The molecular weight excluding hydrogens is 427 g/mol. The van der Waals surface area contributed by atoms with Crippen molar-refractivity contribution in [3.63, 3.8) is 0 Å². The minimum atomic E-state index is 0. The lowest BCUT2D eigenvalue weighted by molar-refractivity contribution is 0.00528. The Bertz CT molecular complexity index is 554. The SMILES string of the molecule is CO[C@@H]1COC[C@H]1n1cc(CN=C(N)N2CCOC(C)C2)nn1.I. The zero-order valence-corrected chi connectivity index (χ0v) is 16.3. The molecule has 1 aromatic heterocycles. The van der Waals surface area contributed by atoms with E-state index in [0.29, 0.717) is 32.3 Å². The number of aliphatic imine (C=N–C) groups is 1. The first-order chi connectivity index (χ1) is 11.2. The van der Waals surface area contributed by atoms with Crippen LogP contribution in [-0.2, 0) is 20.8 Å². The molecule has 2 saturated heterocycles. The lowest BCUT2D eigenvalue weighted by atomic mass is 10.2. The first-order valence-electron chi connectivity index (χ1n) is 7.85. The molecule has 2 aliphatic rings. The van der Waals surface area contributed by atoms with E-state index in [4.69, 9.17) is 19.9 Å². The van der Waals surface area contributed by atoms with Crippen molar-refractivity contribution in [3.8, 4) is 0 Å². The summed E-state index contributed by atoms with van der Waals surface area (Å²) in [4.78, 5) is 6.45. The van der Waals surface area contributed by atoms with Gasteiger partial charge >= 0.3 is 0 Å². The molecule has 0 bridgehead atoms. The second-order valence-corrected chi connectivity index (χ2v) is 5.87. The van der Waals surface area contributed by atoms with E-state index in [2.05, 4.69) is 15.3 Å². The summed E-state index contributed by atoms with van der Waals surface area (Å²) in [5.74, 6) is 0.522. The molecule has 0 saturated carbocycles. The molecule has 24 heavy (non-hydrogen) atoms. The van der Waals surface area contributed by atoms with Crippen molar-refractivity contribution in [2.75, 3.05) is 40.0 Å². The number of halogens is 1. The first-order valence-corrected chi connectivity index (χ1v) is 7.85. The quantitative estimate of drug-likeness (QED) is 0.391. The second kappa shape index (κ2) is 8.92. The van der Waals surface area contributed by atoms with Crippen molar-refractivity contribution in [1.82, 2.24) is 19.9 Å². The largest absolute Gasteiger partial charge is 0.377 e. The summed E-state index contributed by atoms with van der Waals surface area (Å²) in [5.41, 5.74) is 6.83. The average Bonchev–Trinajstić information content (AvgIpc) is 3.20. The maximum absolute atomic E-state index is 6.06. The topological polar surface area (TPSA) is 100 Å². The van der Waals surface area contributed by atoms with Crippen LogP contribution in [-0.4, -0.2) is 78.1 Å². The number of morpholine rings is 1. The molecule has 0 spiro atoms. The van der Waals surface area contributed by atoms with Crippen molar-refractivity contribution in [3.05, 3.63) is 11.9 Å². The van der Waals surface area contributed by atoms with E-state index >= 15 is 0 Å². The van der Waals surface area contributed by atoms with Gasteiger partial charge in [-0.25, -0.2) is 9.67 Å². The number of hydrogen-bond donors (Lipinski definition) is 1. The van der Waals surface area contributed by atoms with Crippen LogP contribution >= 0.6 is 24.0 Å². The highest BCUT2D eigenvalue weighted by Crippen LogP contribution is 2.21. The van der Waals surface area contributed by atoms with Gasteiger partial charge in [0.1, 0.15) is 17.8 Å². The minimum absolute atomic E-state index is 0. The molecule has 2 aliphatic heterocycles. The maximum atomic E-state index is 6.06. The highest BCUT2D eigenvalue weighted by Gasteiger charge is 2.30. The van der Waals surface area contributed by atoms with Crippen LogP contribution in [0.5, 0.6) is 0 Å². The number of rotatable bonds is 4. The fourth-order valence-corrected chi connectivity index (χ4v) is 2.83. The molecule has 1 unspecified atom stereocenters. The Kier molecular flexibility index (Phi) is 7.19. The Balaban J connectivity index is 0.00000208. The van der Waals surface area contributed by atoms with E-state index in [1.807, 2.05) is 18.0 Å². The first kappa shape index (κ1) is 19.3. The standard InChI is InChI=1S/C14H24N6O3.HI/c1-10-6-19(3-4-23-10)14(15)16-5-11-7-20(18-17-11)12-8-22-9-13(12)21-2;/h7,10,12-13H,3-6,8-9H2,1-2H3,(H2,15,16);1H/t10?,12-,13-;/m1./s1. The molecule has 3 rings (SSSR count). The normalized spacial score (nSPS) is 28.0. The van der Waals surface area contributed by atoms with Gasteiger partial charge in [-0.3, -0.25) is 0 Å². The number of methoxy groups -OCH3 is 1. The molecule has 1 aromatic rings. The van der Waals surface area contributed by atoms with E-state index in [9.17, 15) is 0 Å². The summed E-state index contributed by atoms with van der Waals surface area (Å²) < 4.78 is 18.1. The number of guanidine groups is 1. The van der Waals surface area contributed by atoms with E-state index in [1.54, 1.807) is 11.8 Å². The van der Waals surface area contributed by atoms with Crippen LogP contribution in [0.15, 0.2) is 11.2 Å². The third-order valence-electron chi connectivity index (χ3n) is 4.17. The third kappa shape index (κ3) is 4.55. The number of aromatic nitrogens is 3. The number of ether oxygens (including phenoxy) is 3. The van der Waals surface area contributed by atoms with E-state index < -0.39 is 0 Å². The van der Waals surface area contributed by atoms with Crippen LogP contribution in [0.1, 0.15) is 18.7 Å². The fourth-order valence-electron chi connectivity index (χ4n) is 2.83. The predicted octanol–water partition coefficient (Wildman–Crippen LogP) is 0.0178. The third-order valence-corrected chi connectivity index (χ3v) is 4.17. The maximum Gasteiger partial charge on any atom is 0.191 e. The molecule has 0 aliphatic carbocycles. The lowest BCUT2D eigenvalue weighted by Crippen LogP contribution is -2.47. The molecule has 3 atom stereocenters. The summed E-state index contributed by atoms with van der Waals surface area (Å²) in [6, 6.07) is 0.0580. The lowest BCUT2D eigenvalue weighted by Gasteiger charge is -2.31. The molecule has 2 N–H and O–H groups in total. The zero-order valence-electron chi connectivity index (χ0n) is 14.0. The molecule has 10 heteroatoms. The summed E-state index contributed by atoms with van der Waals surface area (Å²) in [6.45, 7) is 5.80. The smallest absolute Gasteiger partial charge is 0.191 e. The van der Waals surface area contributed by atoms with Gasteiger partial charge < -0.3 is 24.8 Å².